The van der Waals surface area contributed by atoms with Gasteiger partial charge in [0.15, 0.2) is 10.4 Å². The van der Waals surface area contributed by atoms with Gasteiger partial charge in [-0.2, -0.15) is 0 Å². The highest BCUT2D eigenvalue weighted by atomic mass is 79.9. The maximum Gasteiger partial charge on any atom is 0.291 e. The van der Waals surface area contributed by atoms with Crippen molar-refractivity contribution in [1.29, 1.82) is 0 Å². The van der Waals surface area contributed by atoms with Crippen molar-refractivity contribution in [1.82, 2.24) is 4.90 Å². The summed E-state index contributed by atoms with van der Waals surface area (Å²) in [6, 6.07) is 17.7. The van der Waals surface area contributed by atoms with E-state index in [9.17, 15) is 9.59 Å². The second-order valence-electron chi connectivity index (χ2n) is 6.53. The Hall–Kier alpha value is -3.06. The molecule has 2 amide bonds. The molecule has 6 nitrogen and oxygen atoms in total. The molecule has 0 aliphatic heterocycles. The third kappa shape index (κ3) is 5.71. The number of amides is 2. The molecule has 7 heteroatoms. The number of carbonyl (C=O) groups excluding carboxylic acids is 2. The maximum atomic E-state index is 12.6. The van der Waals surface area contributed by atoms with Gasteiger partial charge in [-0.1, -0.05) is 12.1 Å². The number of nitrogens with one attached hydrogen (secondary N) is 1. The third-order valence-electron chi connectivity index (χ3n) is 4.22. The van der Waals surface area contributed by atoms with Crippen LogP contribution in [0.4, 0.5) is 5.69 Å². The zero-order chi connectivity index (χ0) is 20.8. The molecule has 0 atom stereocenters. The van der Waals surface area contributed by atoms with E-state index in [1.54, 1.807) is 48.3 Å². The monoisotopic (exact) mass is 456 g/mol. The minimum absolute atomic E-state index is 0.120. The first-order chi connectivity index (χ1) is 13.9. The molecule has 0 radical (unpaired) electrons. The van der Waals surface area contributed by atoms with Crippen LogP contribution in [0.1, 0.15) is 26.5 Å². The average Bonchev–Trinajstić information content (AvgIpc) is 3.14. The van der Waals surface area contributed by atoms with Crippen LogP contribution in [0, 0.1) is 6.92 Å². The largest absolute Gasteiger partial charge is 0.492 e. The lowest BCUT2D eigenvalue weighted by Gasteiger charge is -2.18. The molecule has 0 unspecified atom stereocenters. The summed E-state index contributed by atoms with van der Waals surface area (Å²) < 4.78 is 11.4. The molecule has 0 saturated heterocycles. The SMILES string of the molecule is Cc1cccc(OCCN(C)C(=O)c2ccc(NC(=O)c3ccc(Br)o3)cc2)c1. The van der Waals surface area contributed by atoms with Crippen LogP contribution in [0.25, 0.3) is 0 Å². The molecule has 0 bridgehead atoms. The van der Waals surface area contributed by atoms with Crippen LogP contribution in [0.2, 0.25) is 0 Å². The molecule has 2 aromatic carbocycles. The molecule has 3 aromatic rings. The summed E-state index contributed by atoms with van der Waals surface area (Å²) in [5.41, 5.74) is 2.23. The van der Waals surface area contributed by atoms with Crippen molar-refractivity contribution in [2.75, 3.05) is 25.5 Å². The van der Waals surface area contributed by atoms with Gasteiger partial charge in [0.1, 0.15) is 12.4 Å². The van der Waals surface area contributed by atoms with Crippen molar-refractivity contribution in [3.8, 4) is 5.75 Å². The zero-order valence-electron chi connectivity index (χ0n) is 16.1. The fourth-order valence-electron chi connectivity index (χ4n) is 2.65. The van der Waals surface area contributed by atoms with Crippen LogP contribution >= 0.6 is 15.9 Å². The van der Waals surface area contributed by atoms with Gasteiger partial charge in [-0.05, 0) is 76.9 Å². The highest BCUT2D eigenvalue weighted by Crippen LogP contribution is 2.17. The van der Waals surface area contributed by atoms with Crippen molar-refractivity contribution in [3.63, 3.8) is 0 Å². The second kappa shape index (κ2) is 9.43. The second-order valence-corrected chi connectivity index (χ2v) is 7.31. The summed E-state index contributed by atoms with van der Waals surface area (Å²) in [6.45, 7) is 2.86. The molecular formula is C22H21BrN2O4. The van der Waals surface area contributed by atoms with Crippen molar-refractivity contribution in [2.45, 2.75) is 6.92 Å². The number of anilines is 1. The van der Waals surface area contributed by atoms with Gasteiger partial charge in [-0.3, -0.25) is 9.59 Å². The number of hydrogen-bond acceptors (Lipinski definition) is 4. The molecular weight excluding hydrogens is 436 g/mol. The van der Waals surface area contributed by atoms with Gasteiger partial charge in [0.2, 0.25) is 0 Å². The molecule has 1 N–H and O–H groups in total. The summed E-state index contributed by atoms with van der Waals surface area (Å²) in [5.74, 6) is 0.505. The van der Waals surface area contributed by atoms with Crippen LogP contribution in [-0.4, -0.2) is 36.9 Å². The molecule has 1 aromatic heterocycles. The standard InChI is InChI=1S/C22H21BrN2O4/c1-15-4-3-5-18(14-15)28-13-12-25(2)22(27)16-6-8-17(9-7-16)24-21(26)19-10-11-20(23)29-19/h3-11,14H,12-13H2,1-2H3,(H,24,26). The first-order valence-corrected chi connectivity index (χ1v) is 9.83. The molecule has 0 aliphatic rings. The van der Waals surface area contributed by atoms with Crippen molar-refractivity contribution in [3.05, 3.63) is 82.2 Å². The molecule has 3 rings (SSSR count). The Morgan fingerprint density at radius 3 is 2.52 bits per heavy atom. The highest BCUT2D eigenvalue weighted by Gasteiger charge is 2.13. The first-order valence-electron chi connectivity index (χ1n) is 9.04. The molecule has 29 heavy (non-hydrogen) atoms. The number of rotatable bonds is 7. The van der Waals surface area contributed by atoms with Crippen molar-refractivity contribution < 1.29 is 18.7 Å². The smallest absolute Gasteiger partial charge is 0.291 e. The van der Waals surface area contributed by atoms with E-state index in [0.717, 1.165) is 11.3 Å². The minimum Gasteiger partial charge on any atom is -0.492 e. The van der Waals surface area contributed by atoms with Gasteiger partial charge in [-0.25, -0.2) is 0 Å². The Kier molecular flexibility index (Phi) is 6.72. The van der Waals surface area contributed by atoms with Gasteiger partial charge in [0.25, 0.3) is 11.8 Å². The molecule has 1 heterocycles. The first kappa shape index (κ1) is 20.7. The Balaban J connectivity index is 1.51. The maximum absolute atomic E-state index is 12.6. The molecule has 150 valence electrons. The molecule has 0 spiro atoms. The number of likely N-dealkylation sites (N-methyl/N-ethyl adjacent to an activating group) is 1. The quantitative estimate of drug-likeness (QED) is 0.556. The van der Waals surface area contributed by atoms with Crippen molar-refractivity contribution in [2.24, 2.45) is 0 Å². The summed E-state index contributed by atoms with van der Waals surface area (Å²) in [7, 11) is 1.73. The Bertz CT molecular complexity index is 998. The van der Waals surface area contributed by atoms with Gasteiger partial charge < -0.3 is 19.4 Å². The number of benzene rings is 2. The van der Waals surface area contributed by atoms with E-state index in [0.29, 0.717) is 29.1 Å². The minimum atomic E-state index is -0.361. The van der Waals surface area contributed by atoms with E-state index in [1.165, 1.54) is 0 Å². The number of ether oxygens (including phenoxy) is 1. The summed E-state index contributed by atoms with van der Waals surface area (Å²) >= 11 is 3.16. The van der Waals surface area contributed by atoms with E-state index >= 15 is 0 Å². The Labute approximate surface area is 177 Å². The van der Waals surface area contributed by atoms with E-state index < -0.39 is 0 Å². The Morgan fingerprint density at radius 2 is 1.86 bits per heavy atom. The van der Waals surface area contributed by atoms with Crippen LogP contribution in [0.5, 0.6) is 5.75 Å². The van der Waals surface area contributed by atoms with Crippen LogP contribution < -0.4 is 10.1 Å². The predicted octanol–water partition coefficient (Wildman–Crippen LogP) is 4.75. The lowest BCUT2D eigenvalue weighted by Crippen LogP contribution is -2.30. The van der Waals surface area contributed by atoms with Gasteiger partial charge in [0.05, 0.1) is 6.54 Å². The van der Waals surface area contributed by atoms with Gasteiger partial charge >= 0.3 is 0 Å². The number of halogens is 1. The fraction of sp³-hybridized carbons (Fsp3) is 0.182. The number of carbonyl (C=O) groups is 2. The lowest BCUT2D eigenvalue weighted by molar-refractivity contribution is 0.0773. The lowest BCUT2D eigenvalue weighted by atomic mass is 10.2. The fourth-order valence-corrected chi connectivity index (χ4v) is 2.96. The number of hydrogen-bond donors (Lipinski definition) is 1. The van der Waals surface area contributed by atoms with E-state index in [-0.39, 0.29) is 17.6 Å². The van der Waals surface area contributed by atoms with Gasteiger partial charge in [0, 0.05) is 18.3 Å². The average molecular weight is 457 g/mol. The normalized spacial score (nSPS) is 10.4. The number of aryl methyl sites for hydroxylation is 1. The van der Waals surface area contributed by atoms with Gasteiger partial charge in [-0.15, -0.1) is 0 Å². The summed E-state index contributed by atoms with van der Waals surface area (Å²) in [4.78, 5) is 26.3. The zero-order valence-corrected chi connectivity index (χ0v) is 17.7. The van der Waals surface area contributed by atoms with Crippen LogP contribution in [0.3, 0.4) is 0 Å². The van der Waals surface area contributed by atoms with Crippen LogP contribution in [-0.2, 0) is 0 Å². The highest BCUT2D eigenvalue weighted by molar-refractivity contribution is 9.10. The van der Waals surface area contributed by atoms with Crippen LogP contribution in [0.15, 0.2) is 69.8 Å². The van der Waals surface area contributed by atoms with Crippen molar-refractivity contribution >= 4 is 33.4 Å². The summed E-state index contributed by atoms with van der Waals surface area (Å²) in [5, 5.41) is 2.73. The molecule has 0 saturated carbocycles. The summed E-state index contributed by atoms with van der Waals surface area (Å²) in [6.07, 6.45) is 0. The van der Waals surface area contributed by atoms with E-state index in [1.807, 2.05) is 31.2 Å². The topological polar surface area (TPSA) is 71.8 Å². The number of nitrogens with zero attached hydrogens (tertiary/aromatic N) is 1. The molecule has 0 aliphatic carbocycles. The Morgan fingerprint density at radius 1 is 1.10 bits per heavy atom. The molecule has 0 fully saturated rings. The number of furan rings is 1. The van der Waals surface area contributed by atoms with E-state index in [2.05, 4.69) is 21.2 Å². The third-order valence-corrected chi connectivity index (χ3v) is 4.64. The predicted molar refractivity (Wildman–Crippen MR) is 114 cm³/mol. The van der Waals surface area contributed by atoms with E-state index in [4.69, 9.17) is 9.15 Å².